The summed E-state index contributed by atoms with van der Waals surface area (Å²) >= 11 is 0. The number of carbonyl (C=O) groups is 2. The van der Waals surface area contributed by atoms with Crippen molar-refractivity contribution in [2.75, 3.05) is 0 Å². The summed E-state index contributed by atoms with van der Waals surface area (Å²) in [6, 6.07) is 14.7. The molecule has 0 amide bonds. The molecule has 112 valence electrons. The lowest BCUT2D eigenvalue weighted by Crippen LogP contribution is -2.00. The lowest BCUT2D eigenvalue weighted by Gasteiger charge is -2.09. The zero-order chi connectivity index (χ0) is 15.9. The molecule has 0 aliphatic rings. The monoisotopic (exact) mass is 296 g/mol. The second-order valence-corrected chi connectivity index (χ2v) is 4.75. The highest BCUT2D eigenvalue weighted by Gasteiger charge is 2.08. The fraction of sp³-hybridized carbons (Fsp3) is 0.111. The summed E-state index contributed by atoms with van der Waals surface area (Å²) in [6.07, 6.45) is 2.41. The maximum atomic E-state index is 11.7. The SMILES string of the molecule is CC(=O)c1cc(OCc2ccccc2)ccc1/C=C/C(=O)O. The van der Waals surface area contributed by atoms with Crippen LogP contribution in [0.2, 0.25) is 0 Å². The van der Waals surface area contributed by atoms with E-state index < -0.39 is 5.97 Å². The van der Waals surface area contributed by atoms with Gasteiger partial charge in [-0.15, -0.1) is 0 Å². The maximum Gasteiger partial charge on any atom is 0.328 e. The van der Waals surface area contributed by atoms with E-state index in [1.54, 1.807) is 18.2 Å². The van der Waals surface area contributed by atoms with Gasteiger partial charge < -0.3 is 9.84 Å². The normalized spacial score (nSPS) is 10.6. The number of rotatable bonds is 6. The molecule has 0 aliphatic carbocycles. The van der Waals surface area contributed by atoms with Gasteiger partial charge in [-0.3, -0.25) is 4.79 Å². The quantitative estimate of drug-likeness (QED) is 0.654. The van der Waals surface area contributed by atoms with E-state index in [9.17, 15) is 9.59 Å². The van der Waals surface area contributed by atoms with Crippen molar-refractivity contribution in [2.24, 2.45) is 0 Å². The molecule has 0 fully saturated rings. The highest BCUT2D eigenvalue weighted by molar-refractivity contribution is 5.99. The Morgan fingerprint density at radius 2 is 1.86 bits per heavy atom. The van der Waals surface area contributed by atoms with Crippen LogP contribution < -0.4 is 4.74 Å². The Kier molecular flexibility index (Phi) is 5.09. The zero-order valence-electron chi connectivity index (χ0n) is 12.2. The van der Waals surface area contributed by atoms with E-state index in [-0.39, 0.29) is 5.78 Å². The molecule has 0 spiro atoms. The van der Waals surface area contributed by atoms with Crippen molar-refractivity contribution in [3.05, 3.63) is 71.3 Å². The topological polar surface area (TPSA) is 63.6 Å². The molecule has 2 aromatic carbocycles. The van der Waals surface area contributed by atoms with Crippen LogP contribution in [0.1, 0.15) is 28.4 Å². The van der Waals surface area contributed by atoms with Gasteiger partial charge in [-0.1, -0.05) is 36.4 Å². The van der Waals surface area contributed by atoms with E-state index in [0.717, 1.165) is 11.6 Å². The number of Topliss-reactive ketones (excluding diaryl/α,β-unsaturated/α-hetero) is 1. The van der Waals surface area contributed by atoms with Crippen LogP contribution in [-0.2, 0) is 11.4 Å². The van der Waals surface area contributed by atoms with Gasteiger partial charge in [0.05, 0.1) is 0 Å². The molecular weight excluding hydrogens is 280 g/mol. The first-order valence-electron chi connectivity index (χ1n) is 6.79. The molecule has 0 saturated heterocycles. The number of benzene rings is 2. The number of ether oxygens (including phenoxy) is 1. The molecule has 2 rings (SSSR count). The molecule has 4 nitrogen and oxygen atoms in total. The highest BCUT2D eigenvalue weighted by Crippen LogP contribution is 2.21. The number of hydrogen-bond donors (Lipinski definition) is 1. The van der Waals surface area contributed by atoms with Gasteiger partial charge in [0, 0.05) is 11.6 Å². The average molecular weight is 296 g/mol. The van der Waals surface area contributed by atoms with Crippen molar-refractivity contribution >= 4 is 17.8 Å². The minimum absolute atomic E-state index is 0.143. The van der Waals surface area contributed by atoms with Crippen molar-refractivity contribution in [2.45, 2.75) is 13.5 Å². The molecule has 0 aliphatic heterocycles. The van der Waals surface area contributed by atoms with E-state index in [2.05, 4.69) is 0 Å². The van der Waals surface area contributed by atoms with Crippen molar-refractivity contribution in [1.29, 1.82) is 0 Å². The maximum absolute atomic E-state index is 11.7. The van der Waals surface area contributed by atoms with E-state index in [0.29, 0.717) is 23.5 Å². The number of carboxylic acid groups (broad SMARTS) is 1. The molecule has 0 heterocycles. The lowest BCUT2D eigenvalue weighted by molar-refractivity contribution is -0.131. The summed E-state index contributed by atoms with van der Waals surface area (Å²) < 4.78 is 5.67. The minimum atomic E-state index is -1.06. The lowest BCUT2D eigenvalue weighted by atomic mass is 10.0. The molecular formula is C18H16O4. The molecule has 1 N–H and O–H groups in total. The Balaban J connectivity index is 2.18. The summed E-state index contributed by atoms with van der Waals surface area (Å²) in [5, 5.41) is 8.67. The minimum Gasteiger partial charge on any atom is -0.489 e. The Hall–Kier alpha value is -2.88. The summed E-state index contributed by atoms with van der Waals surface area (Å²) in [4.78, 5) is 22.3. The van der Waals surface area contributed by atoms with Crippen molar-refractivity contribution in [3.63, 3.8) is 0 Å². The molecule has 4 heteroatoms. The molecule has 0 atom stereocenters. The molecule has 0 saturated carbocycles. The second kappa shape index (κ2) is 7.22. The molecule has 2 aromatic rings. The van der Waals surface area contributed by atoms with Gasteiger partial charge in [0.25, 0.3) is 0 Å². The van der Waals surface area contributed by atoms with Gasteiger partial charge in [-0.25, -0.2) is 4.79 Å². The standard InChI is InChI=1S/C18H16O4/c1-13(19)17-11-16(9-7-15(17)8-10-18(20)21)22-12-14-5-3-2-4-6-14/h2-11H,12H2,1H3,(H,20,21)/b10-8+. The Morgan fingerprint density at radius 1 is 1.14 bits per heavy atom. The van der Waals surface area contributed by atoms with Crippen LogP contribution in [0, 0.1) is 0 Å². The summed E-state index contributed by atoms with van der Waals surface area (Å²) in [7, 11) is 0. The van der Waals surface area contributed by atoms with Crippen molar-refractivity contribution in [1.82, 2.24) is 0 Å². The van der Waals surface area contributed by atoms with Crippen LogP contribution in [-0.4, -0.2) is 16.9 Å². The van der Waals surface area contributed by atoms with Crippen LogP contribution in [0.3, 0.4) is 0 Å². The average Bonchev–Trinajstić information content (AvgIpc) is 2.52. The Bertz CT molecular complexity index is 702. The van der Waals surface area contributed by atoms with Gasteiger partial charge in [0.2, 0.25) is 0 Å². The predicted octanol–water partition coefficient (Wildman–Crippen LogP) is 3.57. The van der Waals surface area contributed by atoms with Gasteiger partial charge in [0.15, 0.2) is 5.78 Å². The first-order chi connectivity index (χ1) is 10.6. The fourth-order valence-electron chi connectivity index (χ4n) is 1.98. The summed E-state index contributed by atoms with van der Waals surface area (Å²) in [5.41, 5.74) is 2.02. The van der Waals surface area contributed by atoms with Crippen LogP contribution in [0.25, 0.3) is 6.08 Å². The van der Waals surface area contributed by atoms with E-state index >= 15 is 0 Å². The van der Waals surface area contributed by atoms with Crippen LogP contribution in [0.5, 0.6) is 5.75 Å². The highest BCUT2D eigenvalue weighted by atomic mass is 16.5. The van der Waals surface area contributed by atoms with Crippen LogP contribution >= 0.6 is 0 Å². The van der Waals surface area contributed by atoms with E-state index in [1.807, 2.05) is 30.3 Å². The number of aliphatic carboxylic acids is 1. The molecule has 0 bridgehead atoms. The first-order valence-corrected chi connectivity index (χ1v) is 6.79. The smallest absolute Gasteiger partial charge is 0.328 e. The Labute approximate surface area is 128 Å². The van der Waals surface area contributed by atoms with Gasteiger partial charge in [0.1, 0.15) is 12.4 Å². The van der Waals surface area contributed by atoms with Crippen molar-refractivity contribution in [3.8, 4) is 5.75 Å². The third kappa shape index (κ3) is 4.31. The van der Waals surface area contributed by atoms with Gasteiger partial charge in [-0.05, 0) is 36.3 Å². The number of ketones is 1. The van der Waals surface area contributed by atoms with Crippen LogP contribution in [0.4, 0.5) is 0 Å². The number of carboxylic acids is 1. The fourth-order valence-corrected chi connectivity index (χ4v) is 1.98. The van der Waals surface area contributed by atoms with Crippen molar-refractivity contribution < 1.29 is 19.4 Å². The summed E-state index contributed by atoms with van der Waals surface area (Å²) in [6.45, 7) is 1.84. The summed E-state index contributed by atoms with van der Waals surface area (Å²) in [5.74, 6) is -0.629. The Morgan fingerprint density at radius 3 is 2.50 bits per heavy atom. The van der Waals surface area contributed by atoms with Crippen LogP contribution in [0.15, 0.2) is 54.6 Å². The largest absolute Gasteiger partial charge is 0.489 e. The third-order valence-electron chi connectivity index (χ3n) is 3.06. The van der Waals surface area contributed by atoms with Gasteiger partial charge in [-0.2, -0.15) is 0 Å². The number of hydrogen-bond acceptors (Lipinski definition) is 3. The third-order valence-corrected chi connectivity index (χ3v) is 3.06. The predicted molar refractivity (Wildman–Crippen MR) is 83.9 cm³/mol. The van der Waals surface area contributed by atoms with E-state index in [1.165, 1.54) is 13.0 Å². The molecule has 0 radical (unpaired) electrons. The second-order valence-electron chi connectivity index (χ2n) is 4.75. The first kappa shape index (κ1) is 15.5. The van der Waals surface area contributed by atoms with Gasteiger partial charge >= 0.3 is 5.97 Å². The molecule has 22 heavy (non-hydrogen) atoms. The van der Waals surface area contributed by atoms with E-state index in [4.69, 9.17) is 9.84 Å². The zero-order valence-corrected chi connectivity index (χ0v) is 12.2. The molecule has 0 unspecified atom stereocenters. The number of carbonyl (C=O) groups excluding carboxylic acids is 1. The molecule has 0 aromatic heterocycles.